The van der Waals surface area contributed by atoms with Crippen LogP contribution in [0.2, 0.25) is 0 Å². The zero-order valence-corrected chi connectivity index (χ0v) is 21.8. The van der Waals surface area contributed by atoms with Crippen molar-refractivity contribution in [2.45, 2.75) is 63.1 Å². The molecule has 3 aromatic carbocycles. The van der Waals surface area contributed by atoms with Crippen molar-refractivity contribution in [3.63, 3.8) is 0 Å². The van der Waals surface area contributed by atoms with E-state index < -0.39 is 6.04 Å². The zero-order chi connectivity index (χ0) is 26.3. The van der Waals surface area contributed by atoms with Gasteiger partial charge in [-0.1, -0.05) is 85.6 Å². The van der Waals surface area contributed by atoms with Crippen LogP contribution in [0.4, 0.5) is 10.5 Å². The molecule has 3 N–H and O–H groups in total. The second kappa shape index (κ2) is 12.3. The van der Waals surface area contributed by atoms with E-state index in [0.717, 1.165) is 55.3 Å². The third kappa shape index (κ3) is 6.43. The number of benzene rings is 3. The molecule has 0 radical (unpaired) electrons. The molecule has 6 heteroatoms. The van der Waals surface area contributed by atoms with E-state index in [1.54, 1.807) is 0 Å². The molecule has 3 amide bonds. The number of nitrogens with zero attached hydrogens (tertiary/aromatic N) is 1. The van der Waals surface area contributed by atoms with Gasteiger partial charge in [0, 0.05) is 24.2 Å². The first-order valence-electron chi connectivity index (χ1n) is 13.8. The summed E-state index contributed by atoms with van der Waals surface area (Å²) in [6.07, 6.45) is 6.04. The molecule has 2 aliphatic rings. The molecule has 0 bridgehead atoms. The van der Waals surface area contributed by atoms with Crippen LogP contribution in [0.3, 0.4) is 0 Å². The fourth-order valence-corrected chi connectivity index (χ4v) is 5.58. The average Bonchev–Trinajstić information content (AvgIpc) is 3.81. The molecule has 2 aliphatic carbocycles. The van der Waals surface area contributed by atoms with Crippen LogP contribution in [0.1, 0.15) is 67.2 Å². The second-order valence-corrected chi connectivity index (χ2v) is 10.5. The number of aliphatic hydroxyl groups excluding tert-OH is 1. The Bertz CT molecular complexity index is 1200. The fraction of sp³-hybridized carbons (Fsp3) is 0.375. The van der Waals surface area contributed by atoms with E-state index in [4.69, 9.17) is 0 Å². The van der Waals surface area contributed by atoms with E-state index in [0.29, 0.717) is 6.54 Å². The minimum Gasteiger partial charge on any atom is -0.394 e. The number of rotatable bonds is 9. The number of carbonyl (C=O) groups excluding carboxylic acids is 2. The molecule has 5 rings (SSSR count). The molecule has 0 heterocycles. The number of amides is 3. The third-order valence-corrected chi connectivity index (χ3v) is 7.84. The lowest BCUT2D eigenvalue weighted by Gasteiger charge is -2.32. The summed E-state index contributed by atoms with van der Waals surface area (Å²) in [5, 5.41) is 16.1. The second-order valence-electron chi connectivity index (χ2n) is 10.5. The van der Waals surface area contributed by atoms with Gasteiger partial charge in [-0.2, -0.15) is 0 Å². The smallest absolute Gasteiger partial charge is 0.322 e. The summed E-state index contributed by atoms with van der Waals surface area (Å²) in [6.45, 7) is 0.435. The number of hydrogen-bond donors (Lipinski definition) is 3. The van der Waals surface area contributed by atoms with Crippen molar-refractivity contribution in [2.75, 3.05) is 11.9 Å². The quantitative estimate of drug-likeness (QED) is 0.329. The van der Waals surface area contributed by atoms with Gasteiger partial charge in [-0.05, 0) is 60.4 Å². The summed E-state index contributed by atoms with van der Waals surface area (Å²) >= 11 is 0. The number of para-hydroxylation sites is 1. The number of urea groups is 1. The first-order valence-corrected chi connectivity index (χ1v) is 13.8. The number of anilines is 1. The van der Waals surface area contributed by atoms with Crippen molar-refractivity contribution < 1.29 is 14.7 Å². The van der Waals surface area contributed by atoms with Crippen molar-refractivity contribution >= 4 is 17.6 Å². The van der Waals surface area contributed by atoms with Crippen molar-refractivity contribution in [2.24, 2.45) is 5.92 Å². The van der Waals surface area contributed by atoms with E-state index in [9.17, 15) is 14.7 Å². The lowest BCUT2D eigenvalue weighted by Crippen LogP contribution is -2.39. The molecule has 0 spiro atoms. The summed E-state index contributed by atoms with van der Waals surface area (Å²) in [7, 11) is 0. The Hall–Kier alpha value is -3.64. The molecule has 198 valence electrons. The molecule has 6 nitrogen and oxygen atoms in total. The molecule has 3 aromatic rings. The van der Waals surface area contributed by atoms with Crippen LogP contribution >= 0.6 is 0 Å². The topological polar surface area (TPSA) is 81.7 Å². The number of hydrogen-bond acceptors (Lipinski definition) is 3. The van der Waals surface area contributed by atoms with Gasteiger partial charge in [-0.25, -0.2) is 4.79 Å². The van der Waals surface area contributed by atoms with Crippen LogP contribution in [-0.2, 0) is 11.3 Å². The van der Waals surface area contributed by atoms with Crippen LogP contribution in [0.5, 0.6) is 0 Å². The molecule has 3 unspecified atom stereocenters. The number of carbonyl (C=O) groups is 2. The van der Waals surface area contributed by atoms with E-state index in [-0.39, 0.29) is 36.4 Å². The monoisotopic (exact) mass is 511 g/mol. The minimum absolute atomic E-state index is 0.0131. The van der Waals surface area contributed by atoms with E-state index >= 15 is 0 Å². The lowest BCUT2D eigenvalue weighted by molar-refractivity contribution is -0.127. The van der Waals surface area contributed by atoms with Gasteiger partial charge in [0.2, 0.25) is 5.91 Å². The first-order chi connectivity index (χ1) is 18.6. The highest BCUT2D eigenvalue weighted by Crippen LogP contribution is 2.38. The maximum Gasteiger partial charge on any atom is 0.322 e. The van der Waals surface area contributed by atoms with Gasteiger partial charge in [0.05, 0.1) is 12.6 Å². The van der Waals surface area contributed by atoms with E-state index in [1.165, 1.54) is 5.56 Å². The Labute approximate surface area is 225 Å². The molecule has 0 aliphatic heterocycles. The molecule has 3 atom stereocenters. The maximum absolute atomic E-state index is 13.4. The van der Waals surface area contributed by atoms with Crippen molar-refractivity contribution in [1.29, 1.82) is 0 Å². The summed E-state index contributed by atoms with van der Waals surface area (Å²) in [5.74, 6) is 0.0416. The van der Waals surface area contributed by atoms with Crippen LogP contribution in [0.25, 0.3) is 0 Å². The van der Waals surface area contributed by atoms with E-state index in [1.807, 2.05) is 65.6 Å². The normalized spacial score (nSPS) is 19.8. The molecular formula is C32H37N3O3. The molecule has 0 saturated heterocycles. The van der Waals surface area contributed by atoms with Gasteiger partial charge in [0.1, 0.15) is 0 Å². The largest absolute Gasteiger partial charge is 0.394 e. The average molecular weight is 512 g/mol. The molecule has 2 saturated carbocycles. The van der Waals surface area contributed by atoms with E-state index in [2.05, 4.69) is 34.9 Å². The summed E-state index contributed by atoms with van der Waals surface area (Å²) in [5.41, 5.74) is 3.97. The van der Waals surface area contributed by atoms with Crippen molar-refractivity contribution in [3.8, 4) is 0 Å². The van der Waals surface area contributed by atoms with Gasteiger partial charge in [-0.3, -0.25) is 4.79 Å². The molecule has 38 heavy (non-hydrogen) atoms. The van der Waals surface area contributed by atoms with Gasteiger partial charge in [0.15, 0.2) is 0 Å². The van der Waals surface area contributed by atoms with Crippen LogP contribution < -0.4 is 10.6 Å². The number of nitrogens with one attached hydrogen (secondary N) is 2. The standard InChI is InChI=1S/C32H37N3O3/c36-22-30(25-9-3-1-4-10-25)34-31(37)29-14-8-7-13-28(29)24-17-15-23(16-18-24)21-35(27-19-20-27)32(38)33-26-11-5-2-6-12-26/h1-6,9-12,15-18,27-30,36H,7-8,13-14,19-22H2,(H,33,38)(H,34,37). The Balaban J connectivity index is 1.25. The lowest BCUT2D eigenvalue weighted by atomic mass is 9.74. The van der Waals surface area contributed by atoms with Crippen LogP contribution in [0.15, 0.2) is 84.9 Å². The number of aliphatic hydroxyl groups is 1. The van der Waals surface area contributed by atoms with Gasteiger partial charge in [0.25, 0.3) is 0 Å². The summed E-state index contributed by atoms with van der Waals surface area (Å²) in [4.78, 5) is 28.3. The zero-order valence-electron chi connectivity index (χ0n) is 21.8. The molecule has 0 aromatic heterocycles. The van der Waals surface area contributed by atoms with Gasteiger partial charge >= 0.3 is 6.03 Å². The molecule has 2 fully saturated rings. The van der Waals surface area contributed by atoms with Crippen molar-refractivity contribution in [3.05, 3.63) is 102 Å². The maximum atomic E-state index is 13.4. The Morgan fingerprint density at radius 3 is 2.16 bits per heavy atom. The predicted molar refractivity (Wildman–Crippen MR) is 150 cm³/mol. The minimum atomic E-state index is -0.399. The van der Waals surface area contributed by atoms with Gasteiger partial charge in [-0.15, -0.1) is 0 Å². The van der Waals surface area contributed by atoms with Gasteiger partial charge < -0.3 is 20.6 Å². The molecular weight excluding hydrogens is 474 g/mol. The Morgan fingerprint density at radius 2 is 1.50 bits per heavy atom. The third-order valence-electron chi connectivity index (χ3n) is 7.84. The Kier molecular flexibility index (Phi) is 8.39. The highest BCUT2D eigenvalue weighted by Gasteiger charge is 2.34. The predicted octanol–water partition coefficient (Wildman–Crippen LogP) is 6.01. The van der Waals surface area contributed by atoms with Crippen molar-refractivity contribution in [1.82, 2.24) is 10.2 Å². The van der Waals surface area contributed by atoms with Crippen LogP contribution in [-0.4, -0.2) is 34.6 Å². The SMILES string of the molecule is O=C(NC(CO)c1ccccc1)C1CCCCC1c1ccc(CN(C(=O)Nc2ccccc2)C2CC2)cc1. The Morgan fingerprint density at radius 1 is 0.842 bits per heavy atom. The first kappa shape index (κ1) is 26.0. The highest BCUT2D eigenvalue weighted by molar-refractivity contribution is 5.89. The fourth-order valence-electron chi connectivity index (χ4n) is 5.58. The summed E-state index contributed by atoms with van der Waals surface area (Å²) in [6, 6.07) is 27.5. The van der Waals surface area contributed by atoms with Crippen LogP contribution in [0, 0.1) is 5.92 Å². The highest BCUT2D eigenvalue weighted by atomic mass is 16.3. The summed E-state index contributed by atoms with van der Waals surface area (Å²) < 4.78 is 0.